The molecule has 8 nitrogen and oxygen atoms in total. The van der Waals surface area contributed by atoms with Gasteiger partial charge in [-0.1, -0.05) is 6.92 Å². The first-order valence-electron chi connectivity index (χ1n) is 9.52. The maximum Gasteiger partial charge on any atom is 0.254 e. The summed E-state index contributed by atoms with van der Waals surface area (Å²) in [7, 11) is 0. The van der Waals surface area contributed by atoms with Gasteiger partial charge in [0.1, 0.15) is 6.54 Å². The number of nitrogens with zero attached hydrogens (tertiary/aromatic N) is 5. The summed E-state index contributed by atoms with van der Waals surface area (Å²) < 4.78 is 1.31. The third kappa shape index (κ3) is 4.32. The number of aromatic nitrogens is 4. The molecule has 4 rings (SSSR count). The first kappa shape index (κ1) is 17.6. The van der Waals surface area contributed by atoms with Gasteiger partial charge in [-0.25, -0.2) is 15.0 Å². The molecule has 1 aliphatic carbocycles. The zero-order valence-electron chi connectivity index (χ0n) is 15.5. The summed E-state index contributed by atoms with van der Waals surface area (Å²) in [5, 5.41) is 2.73. The van der Waals surface area contributed by atoms with E-state index in [1.165, 1.54) is 17.0 Å². The average molecular weight is 368 g/mol. The molecule has 2 aliphatic rings. The van der Waals surface area contributed by atoms with Gasteiger partial charge in [-0.15, -0.1) is 0 Å². The lowest BCUT2D eigenvalue weighted by molar-refractivity contribution is -0.116. The van der Waals surface area contributed by atoms with E-state index in [-0.39, 0.29) is 18.0 Å². The van der Waals surface area contributed by atoms with Crippen molar-refractivity contribution in [3.63, 3.8) is 0 Å². The summed E-state index contributed by atoms with van der Waals surface area (Å²) in [4.78, 5) is 39.5. The van der Waals surface area contributed by atoms with Crippen molar-refractivity contribution in [2.24, 2.45) is 5.92 Å². The van der Waals surface area contributed by atoms with Gasteiger partial charge in [0.2, 0.25) is 11.9 Å². The number of hydrogen-bond donors (Lipinski definition) is 1. The summed E-state index contributed by atoms with van der Waals surface area (Å²) in [6.07, 6.45) is 9.12. The van der Waals surface area contributed by atoms with E-state index in [9.17, 15) is 9.59 Å². The number of hydrogen-bond acceptors (Lipinski definition) is 6. The fourth-order valence-electron chi connectivity index (χ4n) is 3.27. The van der Waals surface area contributed by atoms with Crippen LogP contribution in [0.4, 0.5) is 11.6 Å². The molecule has 8 heteroatoms. The van der Waals surface area contributed by atoms with Gasteiger partial charge >= 0.3 is 0 Å². The van der Waals surface area contributed by atoms with Gasteiger partial charge in [0.05, 0.1) is 30.1 Å². The molecule has 2 fully saturated rings. The molecule has 1 saturated carbocycles. The largest absolute Gasteiger partial charge is 0.341 e. The number of carbonyl (C=O) groups is 1. The number of carbonyl (C=O) groups excluding carboxylic acids is 1. The molecule has 1 N–H and O–H groups in total. The van der Waals surface area contributed by atoms with Crippen LogP contribution >= 0.6 is 0 Å². The van der Waals surface area contributed by atoms with Crippen LogP contribution < -0.4 is 15.8 Å². The van der Waals surface area contributed by atoms with E-state index in [1.54, 1.807) is 12.4 Å². The maximum absolute atomic E-state index is 12.2. The zero-order valence-corrected chi connectivity index (χ0v) is 15.5. The SMILES string of the molecule is CC1CCN(c2ncc(NC(=O)Cn3cnc(C4CC4)cc3=O)cn2)CC1. The third-order valence-electron chi connectivity index (χ3n) is 5.20. The lowest BCUT2D eigenvalue weighted by Crippen LogP contribution is -2.34. The molecule has 0 unspecified atom stereocenters. The Hall–Kier alpha value is -2.77. The van der Waals surface area contributed by atoms with Crippen LogP contribution in [0.2, 0.25) is 0 Å². The van der Waals surface area contributed by atoms with Crippen molar-refractivity contribution in [3.8, 4) is 0 Å². The molecular formula is C19H24N6O2. The highest BCUT2D eigenvalue weighted by atomic mass is 16.2. The van der Waals surface area contributed by atoms with Gasteiger partial charge in [0.25, 0.3) is 5.56 Å². The molecule has 0 spiro atoms. The van der Waals surface area contributed by atoms with E-state index in [1.807, 2.05) is 0 Å². The molecule has 142 valence electrons. The van der Waals surface area contributed by atoms with Gasteiger partial charge in [0.15, 0.2) is 0 Å². The van der Waals surface area contributed by atoms with E-state index in [2.05, 4.69) is 32.1 Å². The minimum Gasteiger partial charge on any atom is -0.341 e. The lowest BCUT2D eigenvalue weighted by atomic mass is 10.00. The second kappa shape index (κ2) is 7.46. The molecule has 0 atom stereocenters. The normalized spacial score (nSPS) is 17.7. The maximum atomic E-state index is 12.2. The summed E-state index contributed by atoms with van der Waals surface area (Å²) in [6, 6.07) is 1.53. The number of amides is 1. The first-order chi connectivity index (χ1) is 13.1. The predicted molar refractivity (Wildman–Crippen MR) is 102 cm³/mol. The smallest absolute Gasteiger partial charge is 0.254 e. The van der Waals surface area contributed by atoms with Crippen LogP contribution in [0.3, 0.4) is 0 Å². The van der Waals surface area contributed by atoms with Crippen molar-refractivity contribution >= 4 is 17.5 Å². The molecule has 1 saturated heterocycles. The molecule has 1 aliphatic heterocycles. The van der Waals surface area contributed by atoms with Crippen molar-refractivity contribution < 1.29 is 4.79 Å². The molecule has 2 aromatic rings. The van der Waals surface area contributed by atoms with E-state index < -0.39 is 0 Å². The van der Waals surface area contributed by atoms with E-state index in [4.69, 9.17) is 0 Å². The molecule has 3 heterocycles. The van der Waals surface area contributed by atoms with Gasteiger partial charge < -0.3 is 10.2 Å². The number of anilines is 2. The Morgan fingerprint density at radius 2 is 1.85 bits per heavy atom. The molecular weight excluding hydrogens is 344 g/mol. The van der Waals surface area contributed by atoms with Crippen LogP contribution in [-0.2, 0) is 11.3 Å². The first-order valence-corrected chi connectivity index (χ1v) is 9.52. The fraction of sp³-hybridized carbons (Fsp3) is 0.526. The molecule has 0 radical (unpaired) electrons. The average Bonchev–Trinajstić information content (AvgIpc) is 3.50. The van der Waals surface area contributed by atoms with Gasteiger partial charge in [-0.2, -0.15) is 0 Å². The Balaban J connectivity index is 1.34. The topological polar surface area (TPSA) is 93.0 Å². The Labute approximate surface area is 157 Å². The van der Waals surface area contributed by atoms with E-state index in [0.717, 1.165) is 50.4 Å². The Bertz CT molecular complexity index is 867. The standard InChI is InChI=1S/C19H24N6O2/c1-13-4-6-24(7-5-13)19-20-9-15(10-21-19)23-17(26)11-25-12-22-16(8-18(25)27)14-2-3-14/h8-10,12-14H,2-7,11H2,1H3,(H,23,26). The van der Waals surface area contributed by atoms with Crippen molar-refractivity contribution in [2.75, 3.05) is 23.3 Å². The highest BCUT2D eigenvalue weighted by Gasteiger charge is 2.25. The van der Waals surface area contributed by atoms with Gasteiger partial charge in [-0.3, -0.25) is 14.2 Å². The highest BCUT2D eigenvalue weighted by molar-refractivity contribution is 5.90. The zero-order chi connectivity index (χ0) is 18.8. The molecule has 1 amide bonds. The van der Waals surface area contributed by atoms with Crippen molar-refractivity contribution in [1.29, 1.82) is 0 Å². The summed E-state index contributed by atoms with van der Waals surface area (Å²) in [6.45, 7) is 4.10. The van der Waals surface area contributed by atoms with Crippen LogP contribution in [0.25, 0.3) is 0 Å². The molecule has 0 aromatic carbocycles. The summed E-state index contributed by atoms with van der Waals surface area (Å²) >= 11 is 0. The predicted octanol–water partition coefficient (Wildman–Crippen LogP) is 1.79. The van der Waals surface area contributed by atoms with Gasteiger partial charge in [0, 0.05) is 25.1 Å². The molecule has 2 aromatic heterocycles. The number of nitrogens with one attached hydrogen (secondary N) is 1. The number of piperidine rings is 1. The van der Waals surface area contributed by atoms with Crippen LogP contribution in [0.5, 0.6) is 0 Å². The fourth-order valence-corrected chi connectivity index (χ4v) is 3.27. The lowest BCUT2D eigenvalue weighted by Gasteiger charge is -2.30. The minimum atomic E-state index is -0.304. The van der Waals surface area contributed by atoms with Crippen LogP contribution in [-0.4, -0.2) is 38.5 Å². The quantitative estimate of drug-likeness (QED) is 0.865. The minimum absolute atomic E-state index is 0.0808. The molecule has 27 heavy (non-hydrogen) atoms. The number of rotatable bonds is 5. The second-order valence-electron chi connectivity index (χ2n) is 7.54. The Morgan fingerprint density at radius 1 is 1.15 bits per heavy atom. The van der Waals surface area contributed by atoms with Crippen LogP contribution in [0.15, 0.2) is 29.6 Å². The van der Waals surface area contributed by atoms with Crippen molar-refractivity contribution in [3.05, 3.63) is 40.8 Å². The second-order valence-corrected chi connectivity index (χ2v) is 7.54. The van der Waals surface area contributed by atoms with Crippen molar-refractivity contribution in [1.82, 2.24) is 19.5 Å². The van der Waals surface area contributed by atoms with Crippen LogP contribution in [0.1, 0.15) is 44.2 Å². The Kier molecular flexibility index (Phi) is 4.87. The summed E-state index contributed by atoms with van der Waals surface area (Å²) in [5.41, 5.74) is 1.14. The van der Waals surface area contributed by atoms with Crippen molar-refractivity contribution in [2.45, 2.75) is 45.1 Å². The van der Waals surface area contributed by atoms with E-state index in [0.29, 0.717) is 17.6 Å². The van der Waals surface area contributed by atoms with E-state index >= 15 is 0 Å². The highest BCUT2D eigenvalue weighted by Crippen LogP contribution is 2.38. The van der Waals surface area contributed by atoms with Crippen LogP contribution in [0, 0.1) is 5.92 Å². The third-order valence-corrected chi connectivity index (χ3v) is 5.20. The molecule has 0 bridgehead atoms. The Morgan fingerprint density at radius 3 is 2.48 bits per heavy atom. The summed E-state index contributed by atoms with van der Waals surface area (Å²) in [5.74, 6) is 1.55. The van der Waals surface area contributed by atoms with Gasteiger partial charge in [-0.05, 0) is 31.6 Å². The monoisotopic (exact) mass is 368 g/mol.